The predicted molar refractivity (Wildman–Crippen MR) is 116 cm³/mol. The number of hydrogen-bond acceptors (Lipinski definition) is 5. The van der Waals surface area contributed by atoms with E-state index < -0.39 is 0 Å². The minimum Gasteiger partial charge on any atom is -0.497 e. The van der Waals surface area contributed by atoms with Gasteiger partial charge in [0.15, 0.2) is 11.5 Å². The monoisotopic (exact) mass is 404 g/mol. The molecule has 0 atom stereocenters. The zero-order chi connectivity index (χ0) is 20.8. The molecule has 0 amide bonds. The van der Waals surface area contributed by atoms with Crippen LogP contribution in [0.2, 0.25) is 0 Å². The molecular formula is C24H24N2O4. The van der Waals surface area contributed by atoms with Crippen molar-refractivity contribution in [2.75, 3.05) is 20.8 Å². The number of imidazole rings is 1. The van der Waals surface area contributed by atoms with E-state index in [-0.39, 0.29) is 0 Å². The molecule has 6 heteroatoms. The van der Waals surface area contributed by atoms with Gasteiger partial charge in [-0.25, -0.2) is 4.98 Å². The van der Waals surface area contributed by atoms with Crippen molar-refractivity contribution in [3.05, 3.63) is 78.6 Å². The summed E-state index contributed by atoms with van der Waals surface area (Å²) in [4.78, 5) is 4.75. The first-order valence-electron chi connectivity index (χ1n) is 9.75. The largest absolute Gasteiger partial charge is 0.497 e. The Morgan fingerprint density at radius 3 is 2.20 bits per heavy atom. The van der Waals surface area contributed by atoms with Gasteiger partial charge >= 0.3 is 0 Å². The summed E-state index contributed by atoms with van der Waals surface area (Å²) in [6.45, 7) is 1.48. The molecule has 6 nitrogen and oxygen atoms in total. The van der Waals surface area contributed by atoms with Gasteiger partial charge in [-0.1, -0.05) is 24.3 Å². The SMILES string of the molecule is COc1ccc(OCc2nc3ccccc3n2CCOc2ccccc2OC)cc1. The Morgan fingerprint density at radius 2 is 1.43 bits per heavy atom. The maximum Gasteiger partial charge on any atom is 0.161 e. The lowest BCUT2D eigenvalue weighted by molar-refractivity contribution is 0.264. The van der Waals surface area contributed by atoms with E-state index in [9.17, 15) is 0 Å². The van der Waals surface area contributed by atoms with Crippen LogP contribution in [0.25, 0.3) is 11.0 Å². The lowest BCUT2D eigenvalue weighted by Gasteiger charge is -2.13. The van der Waals surface area contributed by atoms with Gasteiger partial charge in [0.05, 0.1) is 31.8 Å². The molecule has 1 heterocycles. The third-order valence-electron chi connectivity index (χ3n) is 4.80. The Kier molecular flexibility index (Phi) is 6.03. The average Bonchev–Trinajstić information content (AvgIpc) is 3.16. The quantitative estimate of drug-likeness (QED) is 0.404. The van der Waals surface area contributed by atoms with Crippen LogP contribution in [0.4, 0.5) is 0 Å². The molecule has 0 radical (unpaired) electrons. The number of ether oxygens (including phenoxy) is 4. The predicted octanol–water partition coefficient (Wildman–Crippen LogP) is 4.71. The Bertz CT molecular complexity index is 1110. The summed E-state index contributed by atoms with van der Waals surface area (Å²) in [5, 5.41) is 0. The Balaban J connectivity index is 1.49. The second-order valence-corrected chi connectivity index (χ2v) is 6.63. The van der Waals surface area contributed by atoms with E-state index in [0.717, 1.165) is 39.9 Å². The molecule has 0 spiro atoms. The fourth-order valence-electron chi connectivity index (χ4n) is 3.29. The van der Waals surface area contributed by atoms with Crippen LogP contribution in [0.15, 0.2) is 72.8 Å². The van der Waals surface area contributed by atoms with Gasteiger partial charge in [-0.05, 0) is 48.5 Å². The second-order valence-electron chi connectivity index (χ2n) is 6.63. The van der Waals surface area contributed by atoms with Crippen LogP contribution in [0.3, 0.4) is 0 Å². The number of rotatable bonds is 9. The summed E-state index contributed by atoms with van der Waals surface area (Å²) in [6, 6.07) is 23.2. The number of nitrogens with zero attached hydrogens (tertiary/aromatic N) is 2. The zero-order valence-corrected chi connectivity index (χ0v) is 17.1. The van der Waals surface area contributed by atoms with Gasteiger partial charge in [0.1, 0.15) is 30.5 Å². The van der Waals surface area contributed by atoms with E-state index in [1.807, 2.05) is 66.7 Å². The van der Waals surface area contributed by atoms with Crippen molar-refractivity contribution in [3.63, 3.8) is 0 Å². The normalized spacial score (nSPS) is 10.7. The first-order valence-corrected chi connectivity index (χ1v) is 9.75. The molecule has 0 aliphatic carbocycles. The van der Waals surface area contributed by atoms with Crippen LogP contribution in [0.5, 0.6) is 23.0 Å². The number of para-hydroxylation sites is 4. The highest BCUT2D eigenvalue weighted by Gasteiger charge is 2.12. The average molecular weight is 404 g/mol. The van der Waals surface area contributed by atoms with Gasteiger partial charge in [-0.15, -0.1) is 0 Å². The van der Waals surface area contributed by atoms with Crippen molar-refractivity contribution in [2.45, 2.75) is 13.2 Å². The highest BCUT2D eigenvalue weighted by atomic mass is 16.5. The standard InChI is InChI=1S/C24H24N2O4/c1-27-18-11-13-19(14-12-18)30-17-24-25-20-7-3-4-8-21(20)26(24)15-16-29-23-10-6-5-9-22(23)28-2/h3-14H,15-17H2,1-2H3. The molecule has 4 rings (SSSR count). The molecule has 0 aliphatic heterocycles. The van der Waals surface area contributed by atoms with E-state index in [1.54, 1.807) is 14.2 Å². The van der Waals surface area contributed by atoms with Crippen LogP contribution in [-0.4, -0.2) is 30.4 Å². The summed E-state index contributed by atoms with van der Waals surface area (Å²) in [5.74, 6) is 3.84. The summed E-state index contributed by atoms with van der Waals surface area (Å²) in [7, 11) is 3.28. The van der Waals surface area contributed by atoms with Crippen molar-refractivity contribution in [1.29, 1.82) is 0 Å². The summed E-state index contributed by atoms with van der Waals surface area (Å²) < 4.78 is 24.6. The lowest BCUT2D eigenvalue weighted by Crippen LogP contribution is -2.13. The van der Waals surface area contributed by atoms with Crippen LogP contribution in [-0.2, 0) is 13.2 Å². The molecule has 0 fully saturated rings. The highest BCUT2D eigenvalue weighted by Crippen LogP contribution is 2.26. The van der Waals surface area contributed by atoms with Crippen LogP contribution in [0, 0.1) is 0 Å². The van der Waals surface area contributed by atoms with Gasteiger partial charge in [0.2, 0.25) is 0 Å². The number of fused-ring (bicyclic) bond motifs is 1. The van der Waals surface area contributed by atoms with Crippen molar-refractivity contribution in [2.24, 2.45) is 0 Å². The Morgan fingerprint density at radius 1 is 0.733 bits per heavy atom. The summed E-state index contributed by atoms with van der Waals surface area (Å²) in [5.41, 5.74) is 1.98. The first kappa shape index (κ1) is 19.6. The lowest BCUT2D eigenvalue weighted by atomic mass is 10.3. The van der Waals surface area contributed by atoms with Crippen molar-refractivity contribution < 1.29 is 18.9 Å². The maximum atomic E-state index is 5.97. The number of hydrogen-bond donors (Lipinski definition) is 0. The van der Waals surface area contributed by atoms with Crippen LogP contribution >= 0.6 is 0 Å². The molecule has 0 aliphatic rings. The van der Waals surface area contributed by atoms with Gasteiger partial charge in [-0.2, -0.15) is 0 Å². The summed E-state index contributed by atoms with van der Waals surface area (Å²) >= 11 is 0. The van der Waals surface area contributed by atoms with E-state index >= 15 is 0 Å². The van der Waals surface area contributed by atoms with Crippen molar-refractivity contribution in [1.82, 2.24) is 9.55 Å². The topological polar surface area (TPSA) is 54.7 Å². The number of methoxy groups -OCH3 is 2. The molecule has 3 aromatic carbocycles. The van der Waals surface area contributed by atoms with E-state index in [4.69, 9.17) is 23.9 Å². The summed E-state index contributed by atoms with van der Waals surface area (Å²) in [6.07, 6.45) is 0. The zero-order valence-electron chi connectivity index (χ0n) is 17.1. The molecule has 154 valence electrons. The van der Waals surface area contributed by atoms with E-state index in [0.29, 0.717) is 19.8 Å². The molecular weight excluding hydrogens is 380 g/mol. The minimum absolute atomic E-state index is 0.357. The van der Waals surface area contributed by atoms with Crippen molar-refractivity contribution >= 4 is 11.0 Å². The third-order valence-corrected chi connectivity index (χ3v) is 4.80. The maximum absolute atomic E-state index is 5.97. The minimum atomic E-state index is 0.357. The van der Waals surface area contributed by atoms with Gasteiger partial charge < -0.3 is 23.5 Å². The molecule has 4 aromatic rings. The molecule has 0 N–H and O–H groups in total. The van der Waals surface area contributed by atoms with Gasteiger partial charge in [0.25, 0.3) is 0 Å². The fraction of sp³-hybridized carbons (Fsp3) is 0.208. The van der Waals surface area contributed by atoms with Gasteiger partial charge in [-0.3, -0.25) is 0 Å². The molecule has 1 aromatic heterocycles. The van der Waals surface area contributed by atoms with Crippen LogP contribution < -0.4 is 18.9 Å². The molecule has 0 saturated heterocycles. The number of benzene rings is 3. The van der Waals surface area contributed by atoms with Gasteiger partial charge in [0, 0.05) is 0 Å². The van der Waals surface area contributed by atoms with E-state index in [1.165, 1.54) is 0 Å². The van der Waals surface area contributed by atoms with E-state index in [2.05, 4.69) is 10.6 Å². The molecule has 30 heavy (non-hydrogen) atoms. The Hall–Kier alpha value is -3.67. The highest BCUT2D eigenvalue weighted by molar-refractivity contribution is 5.75. The first-order chi connectivity index (χ1) is 14.8. The smallest absolute Gasteiger partial charge is 0.161 e. The molecule has 0 saturated carbocycles. The van der Waals surface area contributed by atoms with Crippen LogP contribution in [0.1, 0.15) is 5.82 Å². The van der Waals surface area contributed by atoms with Crippen molar-refractivity contribution in [3.8, 4) is 23.0 Å². The molecule has 0 bridgehead atoms. The second kappa shape index (κ2) is 9.22. The Labute approximate surface area is 175 Å². The fourth-order valence-corrected chi connectivity index (χ4v) is 3.29. The molecule has 0 unspecified atom stereocenters. The number of aromatic nitrogens is 2. The third kappa shape index (κ3) is 4.33.